The molecule has 0 bridgehead atoms. The smallest absolute Gasteiger partial charge is 0.0541 e. The number of benzene rings is 8. The highest BCUT2D eigenvalue weighted by molar-refractivity contribution is 9.11. The topological polar surface area (TPSA) is 9.86 Å². The summed E-state index contributed by atoms with van der Waals surface area (Å²) in [6, 6.07) is 67.9. The van der Waals surface area contributed by atoms with Gasteiger partial charge >= 0.3 is 0 Å². The normalized spacial score (nSPS) is 10.6. The van der Waals surface area contributed by atoms with Crippen LogP contribution in [0.5, 0.6) is 0 Å². The molecule has 0 atom stereocenters. The van der Waals surface area contributed by atoms with Crippen LogP contribution >= 0.6 is 63.7 Å². The molecule has 56 heavy (non-hydrogen) atoms. The van der Waals surface area contributed by atoms with Crippen LogP contribution in [0.25, 0.3) is 66.1 Å². The van der Waals surface area contributed by atoms with Crippen molar-refractivity contribution in [3.63, 3.8) is 0 Å². The van der Waals surface area contributed by atoms with Gasteiger partial charge < -0.3 is 9.13 Å². The van der Waals surface area contributed by atoms with E-state index in [2.05, 4.69) is 237 Å². The fourth-order valence-corrected chi connectivity index (χ4v) is 8.03. The van der Waals surface area contributed by atoms with Gasteiger partial charge in [0.25, 0.3) is 0 Å². The van der Waals surface area contributed by atoms with Crippen LogP contribution in [0.4, 0.5) is 4.70 Å². The number of hydrogen-bond donors (Lipinski definition) is 0. The van der Waals surface area contributed by atoms with Gasteiger partial charge in [-0.25, -0.2) is 0 Å². The molecule has 0 radical (unpaired) electrons. The first-order chi connectivity index (χ1) is 26.4. The van der Waals surface area contributed by atoms with Gasteiger partial charge in [-0.3, -0.25) is 4.70 Å². The minimum Gasteiger partial charge on any atom is -0.309 e. The first-order valence-electron chi connectivity index (χ1n) is 17.4. The van der Waals surface area contributed by atoms with Gasteiger partial charge in [0.15, 0.2) is 0 Å². The highest BCUT2D eigenvalue weighted by Crippen LogP contribution is 2.36. The molecule has 8 aromatic carbocycles. The third-order valence-electron chi connectivity index (χ3n) is 9.32. The molecule has 0 amide bonds. The molecule has 0 fully saturated rings. The molecule has 0 aliphatic rings. The number of nitrogens with zero attached hydrogens (tertiary/aromatic N) is 2. The molecule has 0 unspecified atom stereocenters. The molecule has 10 aromatic rings. The van der Waals surface area contributed by atoms with Crippen LogP contribution < -0.4 is 0 Å². The summed E-state index contributed by atoms with van der Waals surface area (Å²) in [5.41, 5.74) is 9.80. The highest BCUT2D eigenvalue weighted by Gasteiger charge is 2.13. The van der Waals surface area contributed by atoms with Gasteiger partial charge in [0.2, 0.25) is 0 Å². The largest absolute Gasteiger partial charge is 0.309 e. The number of rotatable bonds is 3. The summed E-state index contributed by atoms with van der Waals surface area (Å²) >= 11 is 13.7. The monoisotopic (exact) mass is 991 g/mol. The third kappa shape index (κ3) is 8.62. The summed E-state index contributed by atoms with van der Waals surface area (Å²) in [6.45, 7) is 0. The first kappa shape index (κ1) is 40.9. The Balaban J connectivity index is 0.000000178. The molecule has 2 aromatic heterocycles. The zero-order chi connectivity index (χ0) is 37.0. The number of para-hydroxylation sites is 4. The molecule has 0 saturated carbocycles. The predicted molar refractivity (Wildman–Crippen MR) is 256 cm³/mol. The van der Waals surface area contributed by atoms with E-state index < -0.39 is 0 Å². The number of hydrogen-bond acceptors (Lipinski definition) is 0. The average Bonchev–Trinajstić information content (AvgIpc) is 3.73. The quantitative estimate of drug-likeness (QED) is 0.167. The molecule has 0 aliphatic carbocycles. The zero-order valence-corrected chi connectivity index (χ0v) is 35.6. The van der Waals surface area contributed by atoms with E-state index in [1.807, 2.05) is 30.3 Å². The molecule has 0 spiro atoms. The van der Waals surface area contributed by atoms with E-state index in [9.17, 15) is 0 Å². The van der Waals surface area contributed by atoms with Gasteiger partial charge in [0, 0.05) is 52.2 Å². The summed E-state index contributed by atoms with van der Waals surface area (Å²) in [4.78, 5) is 0. The minimum atomic E-state index is 0. The Bertz CT molecular complexity index is 2840. The summed E-state index contributed by atoms with van der Waals surface area (Å²) in [6.07, 6.45) is 0. The molecule has 2 nitrogen and oxygen atoms in total. The Morgan fingerprint density at radius 3 is 1.12 bits per heavy atom. The van der Waals surface area contributed by atoms with Crippen LogP contribution in [-0.4, -0.2) is 9.13 Å². The Hall–Kier alpha value is -4.79. The van der Waals surface area contributed by atoms with Crippen molar-refractivity contribution in [3.05, 3.63) is 212 Å². The third-order valence-corrected chi connectivity index (χ3v) is 11.4. The highest BCUT2D eigenvalue weighted by atomic mass is 79.9. The van der Waals surface area contributed by atoms with Gasteiger partial charge in [0.1, 0.15) is 0 Å². The van der Waals surface area contributed by atoms with Gasteiger partial charge in [-0.15, -0.1) is 0 Å². The van der Waals surface area contributed by atoms with Crippen LogP contribution in [0.2, 0.25) is 0 Å². The van der Waals surface area contributed by atoms with Crippen molar-refractivity contribution in [3.8, 4) is 22.5 Å². The Morgan fingerprint density at radius 1 is 0.304 bits per heavy atom. The lowest BCUT2D eigenvalue weighted by Crippen LogP contribution is -1.92. The summed E-state index contributed by atoms with van der Waals surface area (Å²) in [7, 11) is 0. The SMILES string of the molecule is Brc1ccc(-c2ccc3c(c2)c2ccccc2n3-c2ccccc2)cc1.Brc1ccc(Br)cc1.Brc1ccc2c(c1)c1ccccc1n2-c1ccccc1.C.F.[2HH]. The maximum atomic E-state index is 3.57. The van der Waals surface area contributed by atoms with Gasteiger partial charge in [-0.2, -0.15) is 0 Å². The second-order valence-electron chi connectivity index (χ2n) is 12.7. The second-order valence-corrected chi connectivity index (χ2v) is 16.4. The standard InChI is InChI=1S/C24H16BrN.C18H12BrN.C6H4Br2.CH4.FH.H2/c25-19-13-10-17(11-14-19)18-12-15-24-22(16-18)21-8-4-5-9-23(21)26(24)20-6-2-1-3-7-20;19-13-10-11-18-16(12-13)15-8-4-5-9-17(15)20(18)14-6-2-1-3-7-14;7-5-1-2-6(8)4-3-5;;;/h1-16H;1-12H;1-4H;1H4;2*1H/i;;;;;1+1. The lowest BCUT2D eigenvalue weighted by molar-refractivity contribution is 1.11. The second kappa shape index (κ2) is 18.4. The Labute approximate surface area is 361 Å². The summed E-state index contributed by atoms with van der Waals surface area (Å²) in [5, 5.41) is 5.13. The molecule has 0 aliphatic heterocycles. The number of halogens is 5. The molecule has 7 heteroatoms. The van der Waals surface area contributed by atoms with E-state index in [4.69, 9.17) is 0 Å². The predicted octanol–water partition coefficient (Wildman–Crippen LogP) is 17.0. The Morgan fingerprint density at radius 2 is 0.643 bits per heavy atom. The fourth-order valence-electron chi connectivity index (χ4n) is 6.88. The lowest BCUT2D eigenvalue weighted by Gasteiger charge is -2.08. The van der Waals surface area contributed by atoms with E-state index in [0.717, 1.165) is 17.9 Å². The Kier molecular flexibility index (Phi) is 13.5. The summed E-state index contributed by atoms with van der Waals surface area (Å²) < 4.78 is 9.10. The average molecular weight is 995 g/mol. The molecule has 0 saturated heterocycles. The van der Waals surface area contributed by atoms with Gasteiger partial charge in [-0.1, -0.05) is 162 Å². The molecule has 2 heterocycles. The van der Waals surface area contributed by atoms with Crippen molar-refractivity contribution >= 4 is 107 Å². The van der Waals surface area contributed by atoms with Crippen molar-refractivity contribution in [2.24, 2.45) is 0 Å². The molecular weight excluding hydrogens is 955 g/mol. The van der Waals surface area contributed by atoms with E-state index >= 15 is 0 Å². The van der Waals surface area contributed by atoms with Crippen LogP contribution in [0.3, 0.4) is 0 Å². The van der Waals surface area contributed by atoms with Crippen LogP contribution in [0, 0.1) is 0 Å². The van der Waals surface area contributed by atoms with Gasteiger partial charge in [-0.05, 0) is 114 Å². The van der Waals surface area contributed by atoms with Crippen LogP contribution in [-0.2, 0) is 0 Å². The van der Waals surface area contributed by atoms with Crippen molar-refractivity contribution in [1.29, 1.82) is 0 Å². The van der Waals surface area contributed by atoms with Crippen molar-refractivity contribution in [2.45, 2.75) is 7.43 Å². The minimum absolute atomic E-state index is 0. The fraction of sp³-hybridized carbons (Fsp3) is 0.0204. The molecule has 0 N–H and O–H groups in total. The number of fused-ring (bicyclic) bond motifs is 6. The number of aromatic nitrogens is 2. The maximum absolute atomic E-state index is 3.57. The zero-order valence-electron chi connectivity index (χ0n) is 29.3. The van der Waals surface area contributed by atoms with E-state index in [0.29, 0.717) is 0 Å². The molecule has 10 rings (SSSR count). The molecule has 280 valence electrons. The van der Waals surface area contributed by atoms with E-state index in [1.165, 1.54) is 66.1 Å². The molecular formula is C49H39Br4FN2. The van der Waals surface area contributed by atoms with Crippen molar-refractivity contribution in [2.75, 3.05) is 0 Å². The summed E-state index contributed by atoms with van der Waals surface area (Å²) in [5.74, 6) is 0. The first-order valence-corrected chi connectivity index (χ1v) is 20.6. The van der Waals surface area contributed by atoms with E-state index in [1.54, 1.807) is 0 Å². The van der Waals surface area contributed by atoms with Crippen LogP contribution in [0.15, 0.2) is 212 Å². The van der Waals surface area contributed by atoms with Crippen molar-refractivity contribution in [1.82, 2.24) is 9.13 Å². The van der Waals surface area contributed by atoms with Crippen LogP contribution in [0.1, 0.15) is 8.85 Å². The maximum Gasteiger partial charge on any atom is 0.0541 e. The van der Waals surface area contributed by atoms with Crippen molar-refractivity contribution < 1.29 is 6.13 Å². The lowest BCUT2D eigenvalue weighted by atomic mass is 10.0. The van der Waals surface area contributed by atoms with E-state index in [-0.39, 0.29) is 13.6 Å². The van der Waals surface area contributed by atoms with Gasteiger partial charge in [0.05, 0.1) is 22.1 Å².